The molecule has 0 unspecified atom stereocenters. The van der Waals surface area contributed by atoms with Gasteiger partial charge in [0.2, 0.25) is 0 Å². The van der Waals surface area contributed by atoms with Crippen molar-refractivity contribution in [2.75, 3.05) is 20.8 Å². The number of ether oxygens (including phenoxy) is 3. The molecule has 0 aliphatic carbocycles. The number of pyridine rings is 1. The van der Waals surface area contributed by atoms with E-state index in [2.05, 4.69) is 11.6 Å². The van der Waals surface area contributed by atoms with Crippen molar-refractivity contribution in [2.45, 2.75) is 38.5 Å². The summed E-state index contributed by atoms with van der Waals surface area (Å²) >= 11 is 2.64. The molecule has 3 heterocycles. The van der Waals surface area contributed by atoms with Crippen molar-refractivity contribution in [2.24, 2.45) is 0 Å². The molecule has 0 aliphatic heterocycles. The van der Waals surface area contributed by atoms with E-state index in [1.807, 2.05) is 18.2 Å². The number of carboxylic acids is 1. The van der Waals surface area contributed by atoms with Crippen LogP contribution in [0.4, 0.5) is 0 Å². The number of hydrogen-bond donors (Lipinski definition) is 2. The number of rotatable bonds is 15. The Kier molecular flexibility index (Phi) is 9.38. The molecule has 0 radical (unpaired) electrons. The number of aliphatic hydroxyl groups excluding tert-OH is 1. The van der Waals surface area contributed by atoms with Crippen LogP contribution in [0.3, 0.4) is 0 Å². The third-order valence-corrected chi connectivity index (χ3v) is 8.41. The molecule has 0 atom stereocenters. The molecule has 0 fully saturated rings. The standard InChI is InChI=1S/C29H29NO8S2/c1-16(31)6-7-20(32)26-12-18-11-17(22(36-2)14-24(18)39-26)5-4-10-38-29-23(37-3)15-25-19(30-29)13-27(40-25)21(33)8-9-28(34)35/h11-15,31H,1,4-10H2,2-3H3,(H,34,35). The van der Waals surface area contributed by atoms with Crippen molar-refractivity contribution in [3.63, 3.8) is 0 Å². The van der Waals surface area contributed by atoms with Gasteiger partial charge in [0.15, 0.2) is 17.3 Å². The quantitative estimate of drug-likeness (QED) is 0.0900. The molecular formula is C29H29NO8S2. The Morgan fingerprint density at radius 3 is 2.17 bits per heavy atom. The van der Waals surface area contributed by atoms with E-state index in [-0.39, 0.29) is 43.0 Å². The SMILES string of the molecule is C=C(O)CCC(=O)c1cc2cc(CCCOc3nc4cc(C(=O)CCC(=O)O)sc4cc3OC)c(OC)cc2s1. The lowest BCUT2D eigenvalue weighted by Crippen LogP contribution is -2.03. The van der Waals surface area contributed by atoms with Gasteiger partial charge >= 0.3 is 5.97 Å². The van der Waals surface area contributed by atoms with E-state index in [4.69, 9.17) is 19.3 Å². The number of ketones is 2. The molecule has 0 spiro atoms. The fraction of sp³-hybridized carbons (Fsp3) is 0.310. The summed E-state index contributed by atoms with van der Waals surface area (Å²) in [5, 5.41) is 19.1. The number of benzene rings is 1. The zero-order valence-electron chi connectivity index (χ0n) is 22.2. The molecular weight excluding hydrogens is 554 g/mol. The molecule has 0 amide bonds. The summed E-state index contributed by atoms with van der Waals surface area (Å²) in [5.74, 6) is 0.189. The Bertz CT molecular complexity index is 1470. The molecule has 0 bridgehead atoms. The van der Waals surface area contributed by atoms with E-state index < -0.39 is 5.97 Å². The van der Waals surface area contributed by atoms with Gasteiger partial charge in [-0.1, -0.05) is 6.58 Å². The average molecular weight is 584 g/mol. The minimum atomic E-state index is -1.01. The fourth-order valence-electron chi connectivity index (χ4n) is 4.11. The van der Waals surface area contributed by atoms with E-state index in [1.165, 1.54) is 29.8 Å². The maximum absolute atomic E-state index is 12.5. The lowest BCUT2D eigenvalue weighted by molar-refractivity contribution is -0.136. The molecule has 0 saturated heterocycles. The van der Waals surface area contributed by atoms with Crippen LogP contribution in [0, 0.1) is 0 Å². The number of allylic oxidation sites excluding steroid dienone is 1. The Morgan fingerprint density at radius 2 is 1.50 bits per heavy atom. The fourth-order valence-corrected chi connectivity index (χ4v) is 6.15. The number of carbonyl (C=O) groups is 3. The second kappa shape index (κ2) is 12.9. The Hall–Kier alpha value is -3.96. The summed E-state index contributed by atoms with van der Waals surface area (Å²) < 4.78 is 18.7. The summed E-state index contributed by atoms with van der Waals surface area (Å²) in [6.45, 7) is 3.78. The number of Topliss-reactive ketones (excluding diaryl/α,β-unsaturated/α-hetero) is 2. The van der Waals surface area contributed by atoms with Crippen LogP contribution in [0.15, 0.2) is 42.7 Å². The van der Waals surface area contributed by atoms with E-state index in [0.717, 1.165) is 26.1 Å². The number of aliphatic hydroxyl groups is 1. The van der Waals surface area contributed by atoms with Crippen LogP contribution < -0.4 is 14.2 Å². The molecule has 9 nitrogen and oxygen atoms in total. The number of fused-ring (bicyclic) bond motifs is 2. The van der Waals surface area contributed by atoms with Crippen molar-refractivity contribution in [3.8, 4) is 17.4 Å². The van der Waals surface area contributed by atoms with E-state index in [0.29, 0.717) is 46.3 Å². The summed E-state index contributed by atoms with van der Waals surface area (Å²) in [6, 6.07) is 9.23. The number of methoxy groups -OCH3 is 2. The number of nitrogens with zero attached hydrogens (tertiary/aromatic N) is 1. The highest BCUT2D eigenvalue weighted by Gasteiger charge is 2.17. The van der Waals surface area contributed by atoms with Gasteiger partial charge in [0.25, 0.3) is 5.88 Å². The Labute approximate surface area is 238 Å². The first kappa shape index (κ1) is 29.0. The van der Waals surface area contributed by atoms with Gasteiger partial charge in [-0.3, -0.25) is 14.4 Å². The first-order chi connectivity index (χ1) is 19.2. The number of aromatic nitrogens is 1. The van der Waals surface area contributed by atoms with Crippen LogP contribution in [-0.2, 0) is 11.2 Å². The van der Waals surface area contributed by atoms with Gasteiger partial charge in [0.05, 0.1) is 53.0 Å². The van der Waals surface area contributed by atoms with Crippen molar-refractivity contribution in [3.05, 3.63) is 58.0 Å². The van der Waals surface area contributed by atoms with Crippen molar-refractivity contribution >= 4 is 60.5 Å². The average Bonchev–Trinajstić information content (AvgIpc) is 3.55. The first-order valence-corrected chi connectivity index (χ1v) is 14.2. The number of thiophene rings is 2. The van der Waals surface area contributed by atoms with Crippen molar-refractivity contribution < 1.29 is 38.8 Å². The summed E-state index contributed by atoms with van der Waals surface area (Å²) in [6.07, 6.45) is 1.48. The minimum absolute atomic E-state index is 0.00321. The van der Waals surface area contributed by atoms with Gasteiger partial charge in [0.1, 0.15) is 5.75 Å². The van der Waals surface area contributed by atoms with Crippen molar-refractivity contribution in [1.82, 2.24) is 4.98 Å². The van der Waals surface area contributed by atoms with Crippen LogP contribution in [0.5, 0.6) is 17.4 Å². The molecule has 0 saturated carbocycles. The second-order valence-electron chi connectivity index (χ2n) is 9.06. The van der Waals surface area contributed by atoms with E-state index >= 15 is 0 Å². The zero-order chi connectivity index (χ0) is 28.8. The number of hydrogen-bond acceptors (Lipinski definition) is 10. The van der Waals surface area contributed by atoms with Gasteiger partial charge in [0, 0.05) is 30.0 Å². The smallest absolute Gasteiger partial charge is 0.303 e. The molecule has 210 valence electrons. The van der Waals surface area contributed by atoms with Gasteiger partial charge < -0.3 is 24.4 Å². The second-order valence-corrected chi connectivity index (χ2v) is 11.2. The molecule has 2 N–H and O–H groups in total. The van der Waals surface area contributed by atoms with Gasteiger partial charge in [-0.25, -0.2) is 4.98 Å². The Morgan fingerprint density at radius 1 is 0.850 bits per heavy atom. The van der Waals surface area contributed by atoms with E-state index in [9.17, 15) is 19.5 Å². The number of carbonyl (C=O) groups excluding carboxylic acids is 2. The van der Waals surface area contributed by atoms with Gasteiger partial charge in [-0.15, -0.1) is 22.7 Å². The van der Waals surface area contributed by atoms with E-state index in [1.54, 1.807) is 19.2 Å². The van der Waals surface area contributed by atoms with Gasteiger partial charge in [-0.05, 0) is 48.1 Å². The third kappa shape index (κ3) is 6.97. The molecule has 4 aromatic rings. The van der Waals surface area contributed by atoms with Crippen LogP contribution in [-0.4, -0.2) is 53.6 Å². The number of aryl methyl sites for hydroxylation is 1. The third-order valence-electron chi connectivity index (χ3n) is 6.16. The largest absolute Gasteiger partial charge is 0.513 e. The topological polar surface area (TPSA) is 132 Å². The maximum atomic E-state index is 12.5. The van der Waals surface area contributed by atoms with Crippen LogP contribution in [0.25, 0.3) is 20.3 Å². The zero-order valence-corrected chi connectivity index (χ0v) is 23.8. The number of carboxylic acid groups (broad SMARTS) is 1. The highest BCUT2D eigenvalue weighted by atomic mass is 32.1. The predicted molar refractivity (Wildman–Crippen MR) is 155 cm³/mol. The highest BCUT2D eigenvalue weighted by molar-refractivity contribution is 7.21. The molecule has 1 aromatic carbocycles. The van der Waals surface area contributed by atoms with Crippen LogP contribution in [0.1, 0.15) is 57.0 Å². The summed E-state index contributed by atoms with van der Waals surface area (Å²) in [7, 11) is 3.13. The molecule has 4 rings (SSSR count). The van der Waals surface area contributed by atoms with Crippen LogP contribution in [0.2, 0.25) is 0 Å². The monoisotopic (exact) mass is 583 g/mol. The summed E-state index contributed by atoms with van der Waals surface area (Å²) in [5.41, 5.74) is 1.56. The molecule has 3 aromatic heterocycles. The summed E-state index contributed by atoms with van der Waals surface area (Å²) in [4.78, 5) is 41.2. The highest BCUT2D eigenvalue weighted by Crippen LogP contribution is 2.35. The first-order valence-electron chi connectivity index (χ1n) is 12.5. The Balaban J connectivity index is 1.42. The maximum Gasteiger partial charge on any atom is 0.303 e. The minimum Gasteiger partial charge on any atom is -0.513 e. The van der Waals surface area contributed by atoms with Crippen molar-refractivity contribution in [1.29, 1.82) is 0 Å². The normalized spacial score (nSPS) is 11.1. The lowest BCUT2D eigenvalue weighted by Gasteiger charge is -2.11. The lowest BCUT2D eigenvalue weighted by atomic mass is 10.1. The number of aliphatic carboxylic acids is 1. The molecule has 0 aliphatic rings. The molecule has 11 heteroatoms. The predicted octanol–water partition coefficient (Wildman–Crippen LogP) is 6.62. The molecule has 40 heavy (non-hydrogen) atoms. The van der Waals surface area contributed by atoms with Crippen LogP contribution >= 0.6 is 22.7 Å². The van der Waals surface area contributed by atoms with Gasteiger partial charge in [-0.2, -0.15) is 0 Å².